The summed E-state index contributed by atoms with van der Waals surface area (Å²) in [6.45, 7) is 10.7. The largest absolute Gasteiger partial charge is 0.484 e. The second-order valence-corrected chi connectivity index (χ2v) is 9.98. The summed E-state index contributed by atoms with van der Waals surface area (Å²) >= 11 is 12.3. The molecule has 0 aliphatic carbocycles. The first-order valence-electron chi connectivity index (χ1n) is 11.3. The standard InChI is InChI=1S/C26H34Cl2N2O3/c1-6-7-14-29-25(32)18(2)30(16-19-8-11-21(27)15-23(19)28)24(31)17-33-22-12-9-20(10-13-22)26(3,4)5/h8-13,15,18H,6-7,14,16-17H2,1-5H3,(H,29,32)/t18-/m0/s1. The maximum absolute atomic E-state index is 13.2. The van der Waals surface area contributed by atoms with E-state index in [1.54, 1.807) is 25.1 Å². The molecule has 2 rings (SSSR count). The molecule has 0 aliphatic rings. The van der Waals surface area contributed by atoms with Crippen molar-refractivity contribution in [1.82, 2.24) is 10.2 Å². The van der Waals surface area contributed by atoms with Crippen LogP contribution < -0.4 is 10.1 Å². The Morgan fingerprint density at radius 2 is 1.76 bits per heavy atom. The Hall–Kier alpha value is -2.24. The molecule has 0 radical (unpaired) electrons. The van der Waals surface area contributed by atoms with Gasteiger partial charge in [0.1, 0.15) is 11.8 Å². The van der Waals surface area contributed by atoms with Crippen LogP contribution in [0.4, 0.5) is 0 Å². The lowest BCUT2D eigenvalue weighted by atomic mass is 9.87. The van der Waals surface area contributed by atoms with E-state index in [1.165, 1.54) is 10.5 Å². The van der Waals surface area contributed by atoms with Gasteiger partial charge in [-0.05, 0) is 54.2 Å². The van der Waals surface area contributed by atoms with Gasteiger partial charge in [0.2, 0.25) is 5.91 Å². The third kappa shape index (κ3) is 8.24. The molecule has 0 bridgehead atoms. The fourth-order valence-electron chi connectivity index (χ4n) is 3.23. The second kappa shape index (κ2) is 12.3. The molecule has 2 aromatic rings. The lowest BCUT2D eigenvalue weighted by molar-refractivity contribution is -0.142. The highest BCUT2D eigenvalue weighted by Crippen LogP contribution is 2.25. The number of unbranched alkanes of at least 4 members (excludes halogenated alkanes) is 1. The quantitative estimate of drug-likeness (QED) is 0.413. The molecule has 7 heteroatoms. The van der Waals surface area contributed by atoms with Gasteiger partial charge in [-0.25, -0.2) is 0 Å². The molecule has 0 saturated heterocycles. The molecule has 0 spiro atoms. The van der Waals surface area contributed by atoms with Gasteiger partial charge in [-0.15, -0.1) is 0 Å². The summed E-state index contributed by atoms with van der Waals surface area (Å²) in [5.74, 6) is 0.0800. The number of ether oxygens (including phenoxy) is 1. The summed E-state index contributed by atoms with van der Waals surface area (Å²) in [6, 6.07) is 12.1. The molecular weight excluding hydrogens is 459 g/mol. The zero-order valence-corrected chi connectivity index (χ0v) is 21.6. The number of nitrogens with one attached hydrogen (secondary N) is 1. The Morgan fingerprint density at radius 3 is 2.33 bits per heavy atom. The van der Waals surface area contributed by atoms with Crippen LogP contribution in [-0.2, 0) is 21.5 Å². The van der Waals surface area contributed by atoms with Gasteiger partial charge in [-0.2, -0.15) is 0 Å². The lowest BCUT2D eigenvalue weighted by Gasteiger charge is -2.29. The number of nitrogens with zero attached hydrogens (tertiary/aromatic N) is 1. The zero-order chi connectivity index (χ0) is 24.6. The molecule has 2 amide bonds. The van der Waals surface area contributed by atoms with E-state index in [1.807, 2.05) is 24.3 Å². The van der Waals surface area contributed by atoms with E-state index >= 15 is 0 Å². The number of hydrogen-bond acceptors (Lipinski definition) is 3. The summed E-state index contributed by atoms with van der Waals surface area (Å²) in [5, 5.41) is 3.85. The molecule has 1 atom stereocenters. The Morgan fingerprint density at radius 1 is 1.09 bits per heavy atom. The summed E-state index contributed by atoms with van der Waals surface area (Å²) in [6.07, 6.45) is 1.85. The first kappa shape index (κ1) is 27.0. The average Bonchev–Trinajstić information content (AvgIpc) is 2.76. The van der Waals surface area contributed by atoms with E-state index < -0.39 is 6.04 Å². The van der Waals surface area contributed by atoms with Crippen molar-refractivity contribution >= 4 is 35.0 Å². The number of carbonyl (C=O) groups excluding carboxylic acids is 2. The first-order valence-corrected chi connectivity index (χ1v) is 12.0. The van der Waals surface area contributed by atoms with Crippen LogP contribution in [-0.4, -0.2) is 35.9 Å². The van der Waals surface area contributed by atoms with Crippen molar-refractivity contribution < 1.29 is 14.3 Å². The van der Waals surface area contributed by atoms with Crippen molar-refractivity contribution in [2.24, 2.45) is 0 Å². The van der Waals surface area contributed by atoms with E-state index in [2.05, 4.69) is 33.0 Å². The summed E-state index contributed by atoms with van der Waals surface area (Å²) < 4.78 is 5.75. The number of hydrogen-bond donors (Lipinski definition) is 1. The van der Waals surface area contributed by atoms with Gasteiger partial charge in [0, 0.05) is 23.1 Å². The van der Waals surface area contributed by atoms with Gasteiger partial charge in [0.25, 0.3) is 5.91 Å². The third-order valence-corrected chi connectivity index (χ3v) is 6.02. The van der Waals surface area contributed by atoms with E-state index in [-0.39, 0.29) is 30.4 Å². The van der Waals surface area contributed by atoms with Crippen LogP contribution in [0.3, 0.4) is 0 Å². The molecule has 1 N–H and O–H groups in total. The Kier molecular flexibility index (Phi) is 10.1. The number of carbonyl (C=O) groups is 2. The van der Waals surface area contributed by atoms with Gasteiger partial charge in [-0.1, -0.05) is 75.5 Å². The highest BCUT2D eigenvalue weighted by atomic mass is 35.5. The van der Waals surface area contributed by atoms with Crippen LogP contribution in [0.15, 0.2) is 42.5 Å². The van der Waals surface area contributed by atoms with Crippen LogP contribution in [0, 0.1) is 0 Å². The lowest BCUT2D eigenvalue weighted by Crippen LogP contribution is -2.49. The maximum Gasteiger partial charge on any atom is 0.261 e. The Balaban J connectivity index is 2.15. The highest BCUT2D eigenvalue weighted by molar-refractivity contribution is 6.35. The molecule has 0 saturated carbocycles. The second-order valence-electron chi connectivity index (χ2n) is 9.14. The molecule has 0 heterocycles. The van der Waals surface area contributed by atoms with Crippen molar-refractivity contribution in [2.45, 2.75) is 65.5 Å². The fourth-order valence-corrected chi connectivity index (χ4v) is 3.70. The predicted molar refractivity (Wildman–Crippen MR) is 135 cm³/mol. The molecule has 0 aromatic heterocycles. The molecular formula is C26H34Cl2N2O3. The van der Waals surface area contributed by atoms with Crippen molar-refractivity contribution in [1.29, 1.82) is 0 Å². The minimum absolute atomic E-state index is 0.0313. The molecule has 33 heavy (non-hydrogen) atoms. The fraction of sp³-hybridized carbons (Fsp3) is 0.462. The normalized spacial score (nSPS) is 12.2. The van der Waals surface area contributed by atoms with Gasteiger partial charge in [-0.3, -0.25) is 9.59 Å². The van der Waals surface area contributed by atoms with Crippen molar-refractivity contribution in [3.63, 3.8) is 0 Å². The van der Waals surface area contributed by atoms with Gasteiger partial charge in [0.15, 0.2) is 6.61 Å². The van der Waals surface area contributed by atoms with Gasteiger partial charge in [0.05, 0.1) is 0 Å². The Bertz CT molecular complexity index is 940. The number of rotatable bonds is 10. The van der Waals surface area contributed by atoms with Crippen molar-refractivity contribution in [3.05, 3.63) is 63.6 Å². The third-order valence-electron chi connectivity index (χ3n) is 5.44. The van der Waals surface area contributed by atoms with Crippen molar-refractivity contribution in [2.75, 3.05) is 13.2 Å². The van der Waals surface area contributed by atoms with Crippen molar-refractivity contribution in [3.8, 4) is 5.75 Å². The van der Waals surface area contributed by atoms with E-state index in [0.717, 1.165) is 12.8 Å². The van der Waals surface area contributed by atoms with Crippen LogP contribution in [0.25, 0.3) is 0 Å². The summed E-state index contributed by atoms with van der Waals surface area (Å²) in [4.78, 5) is 27.3. The minimum Gasteiger partial charge on any atom is -0.484 e. The molecule has 0 fully saturated rings. The van der Waals surface area contributed by atoms with Gasteiger partial charge >= 0.3 is 0 Å². The Labute approximate surface area is 207 Å². The topological polar surface area (TPSA) is 58.6 Å². The molecule has 2 aromatic carbocycles. The minimum atomic E-state index is -0.687. The maximum atomic E-state index is 13.2. The molecule has 5 nitrogen and oxygen atoms in total. The summed E-state index contributed by atoms with van der Waals surface area (Å²) in [5.41, 5.74) is 1.92. The molecule has 0 unspecified atom stereocenters. The van der Waals surface area contributed by atoms with Crippen LogP contribution >= 0.6 is 23.2 Å². The summed E-state index contributed by atoms with van der Waals surface area (Å²) in [7, 11) is 0. The molecule has 180 valence electrons. The van der Waals surface area contributed by atoms with E-state index in [0.29, 0.717) is 27.9 Å². The number of amides is 2. The highest BCUT2D eigenvalue weighted by Gasteiger charge is 2.27. The van der Waals surface area contributed by atoms with E-state index in [9.17, 15) is 9.59 Å². The van der Waals surface area contributed by atoms with E-state index in [4.69, 9.17) is 27.9 Å². The van der Waals surface area contributed by atoms with Crippen LogP contribution in [0.2, 0.25) is 10.0 Å². The van der Waals surface area contributed by atoms with Crippen LogP contribution in [0.1, 0.15) is 58.6 Å². The molecule has 0 aliphatic heterocycles. The monoisotopic (exact) mass is 492 g/mol. The van der Waals surface area contributed by atoms with Gasteiger partial charge < -0.3 is 15.0 Å². The first-order chi connectivity index (χ1) is 15.5. The average molecular weight is 493 g/mol. The number of halogens is 2. The number of benzene rings is 2. The SMILES string of the molecule is CCCCNC(=O)[C@H](C)N(Cc1ccc(Cl)cc1Cl)C(=O)COc1ccc(C(C)(C)C)cc1. The van der Waals surface area contributed by atoms with Crippen LogP contribution in [0.5, 0.6) is 5.75 Å². The predicted octanol–water partition coefficient (Wildman–Crippen LogP) is 6.00. The smallest absolute Gasteiger partial charge is 0.261 e. The zero-order valence-electron chi connectivity index (χ0n) is 20.1.